The van der Waals surface area contributed by atoms with Gasteiger partial charge in [0.15, 0.2) is 0 Å². The van der Waals surface area contributed by atoms with Crippen LogP contribution in [0.3, 0.4) is 0 Å². The molecule has 0 bridgehead atoms. The Morgan fingerprint density at radius 3 is 2.06 bits per heavy atom. The minimum absolute atomic E-state index is 0.150. The van der Waals surface area contributed by atoms with Crippen LogP contribution in [0.2, 0.25) is 0 Å². The minimum atomic E-state index is -4.29. The van der Waals surface area contributed by atoms with Gasteiger partial charge in [0, 0.05) is 32.7 Å². The fourth-order valence-corrected chi connectivity index (χ4v) is 4.27. The summed E-state index contributed by atoms with van der Waals surface area (Å²) < 4.78 is 56.5. The molecule has 2 aromatic carbocycles. The molecule has 2 amide bonds. The van der Waals surface area contributed by atoms with Gasteiger partial charge in [-0.05, 0) is 31.0 Å². The maximum absolute atomic E-state index is 14.6. The lowest BCUT2D eigenvalue weighted by molar-refractivity contribution is -0.139. The summed E-state index contributed by atoms with van der Waals surface area (Å²) in [4.78, 5) is 27.4. The molecule has 8 nitrogen and oxygen atoms in total. The molecule has 1 N–H and O–H groups in total. The molecule has 0 aromatic heterocycles. The second kappa shape index (κ2) is 12.1. The van der Waals surface area contributed by atoms with E-state index in [1.165, 1.54) is 57.4 Å². The zero-order valence-electron chi connectivity index (χ0n) is 20.5. The molecule has 0 aliphatic rings. The highest BCUT2D eigenvalue weighted by molar-refractivity contribution is 7.90. The molecule has 0 fully saturated rings. The zero-order valence-corrected chi connectivity index (χ0v) is 21.4. The van der Waals surface area contributed by atoms with Gasteiger partial charge in [-0.2, -0.15) is 12.7 Å². The number of hydrogen-bond acceptors (Lipinski definition) is 4. The lowest BCUT2D eigenvalue weighted by Crippen LogP contribution is -2.52. The number of anilines is 1. The van der Waals surface area contributed by atoms with E-state index in [0.717, 1.165) is 15.3 Å². The Bertz CT molecular complexity index is 1140. The normalized spacial score (nSPS) is 12.5. The fraction of sp³-hybridized carbons (Fsp3) is 0.417. The minimum Gasteiger partial charge on any atom is -0.354 e. The SMILES string of the molecule is CC(C)CNC(=O)C(C)N(Cc1ccccc1F)C(=O)CN(c1ccccc1F)S(=O)(=O)N(C)C. The molecular formula is C24H32F2N4O4S. The molecular weight excluding hydrogens is 478 g/mol. The van der Waals surface area contributed by atoms with Crippen LogP contribution >= 0.6 is 0 Å². The molecule has 0 saturated heterocycles. The molecule has 0 heterocycles. The summed E-state index contributed by atoms with van der Waals surface area (Å²) in [5, 5.41) is 2.73. The maximum atomic E-state index is 14.6. The van der Waals surface area contributed by atoms with Crippen LogP contribution in [-0.2, 0) is 26.3 Å². The summed E-state index contributed by atoms with van der Waals surface area (Å²) in [5.41, 5.74) is -0.172. The molecule has 192 valence electrons. The van der Waals surface area contributed by atoms with Gasteiger partial charge >= 0.3 is 10.2 Å². The topological polar surface area (TPSA) is 90.0 Å². The van der Waals surface area contributed by atoms with E-state index in [1.807, 2.05) is 13.8 Å². The number of rotatable bonds is 11. The van der Waals surface area contributed by atoms with Gasteiger partial charge in [-0.15, -0.1) is 0 Å². The summed E-state index contributed by atoms with van der Waals surface area (Å²) in [7, 11) is -1.77. The van der Waals surface area contributed by atoms with Crippen molar-refractivity contribution in [3.63, 3.8) is 0 Å². The third kappa shape index (κ3) is 7.22. The monoisotopic (exact) mass is 510 g/mol. The predicted molar refractivity (Wildman–Crippen MR) is 131 cm³/mol. The van der Waals surface area contributed by atoms with Crippen LogP contribution in [0.4, 0.5) is 14.5 Å². The number of nitrogens with one attached hydrogen (secondary N) is 1. The van der Waals surface area contributed by atoms with Crippen LogP contribution in [0, 0.1) is 17.6 Å². The third-order valence-electron chi connectivity index (χ3n) is 5.29. The molecule has 0 saturated carbocycles. The summed E-state index contributed by atoms with van der Waals surface area (Å²) in [6, 6.07) is 9.89. The van der Waals surface area contributed by atoms with Gasteiger partial charge in [0.05, 0.1) is 5.69 Å². The summed E-state index contributed by atoms with van der Waals surface area (Å²) in [6.07, 6.45) is 0. The number of carbonyl (C=O) groups excluding carboxylic acids is 2. The second-order valence-corrected chi connectivity index (χ2v) is 10.7. The molecule has 35 heavy (non-hydrogen) atoms. The molecule has 2 aromatic rings. The van der Waals surface area contributed by atoms with Crippen molar-refractivity contribution in [3.05, 3.63) is 65.7 Å². The Morgan fingerprint density at radius 2 is 1.51 bits per heavy atom. The number of nitrogens with zero attached hydrogens (tertiary/aromatic N) is 3. The molecule has 11 heteroatoms. The van der Waals surface area contributed by atoms with Crippen molar-refractivity contribution in [3.8, 4) is 0 Å². The Kier molecular flexibility index (Phi) is 9.73. The zero-order chi connectivity index (χ0) is 26.3. The first-order valence-electron chi connectivity index (χ1n) is 11.1. The van der Waals surface area contributed by atoms with Crippen LogP contribution in [0.1, 0.15) is 26.3 Å². The first-order valence-corrected chi connectivity index (χ1v) is 12.5. The predicted octanol–water partition coefficient (Wildman–Crippen LogP) is 2.77. The number of benzene rings is 2. The number of halogens is 2. The van der Waals surface area contributed by atoms with E-state index in [1.54, 1.807) is 6.07 Å². The number of carbonyl (C=O) groups is 2. The van der Waals surface area contributed by atoms with Crippen molar-refractivity contribution < 1.29 is 26.8 Å². The Balaban J connectivity index is 2.46. The highest BCUT2D eigenvalue weighted by Gasteiger charge is 2.34. The van der Waals surface area contributed by atoms with E-state index < -0.39 is 46.2 Å². The number of amides is 2. The van der Waals surface area contributed by atoms with Gasteiger partial charge in [-0.1, -0.05) is 44.2 Å². The van der Waals surface area contributed by atoms with Crippen molar-refractivity contribution in [2.24, 2.45) is 5.92 Å². The van der Waals surface area contributed by atoms with Crippen LogP contribution in [0.5, 0.6) is 0 Å². The van der Waals surface area contributed by atoms with E-state index in [2.05, 4.69) is 5.32 Å². The second-order valence-electron chi connectivity index (χ2n) is 8.68. The summed E-state index contributed by atoms with van der Waals surface area (Å²) in [6.45, 7) is 4.58. The van der Waals surface area contributed by atoms with Crippen molar-refractivity contribution in [1.29, 1.82) is 0 Å². The van der Waals surface area contributed by atoms with Crippen molar-refractivity contribution >= 4 is 27.7 Å². The third-order valence-corrected chi connectivity index (χ3v) is 7.10. The fourth-order valence-electron chi connectivity index (χ4n) is 3.20. The lowest BCUT2D eigenvalue weighted by atomic mass is 10.1. The van der Waals surface area contributed by atoms with Crippen LogP contribution in [-0.4, -0.2) is 62.7 Å². The van der Waals surface area contributed by atoms with Gasteiger partial charge in [0.2, 0.25) is 11.8 Å². The first kappa shape index (κ1) is 28.2. The Labute approximate surface area is 205 Å². The van der Waals surface area contributed by atoms with E-state index in [-0.39, 0.29) is 23.7 Å². The Hall–Kier alpha value is -3.05. The highest BCUT2D eigenvalue weighted by Crippen LogP contribution is 2.24. The van der Waals surface area contributed by atoms with Crippen LogP contribution < -0.4 is 9.62 Å². The van der Waals surface area contributed by atoms with Gasteiger partial charge < -0.3 is 10.2 Å². The molecule has 1 unspecified atom stereocenters. The van der Waals surface area contributed by atoms with Gasteiger partial charge in [-0.25, -0.2) is 13.1 Å². The van der Waals surface area contributed by atoms with E-state index in [9.17, 15) is 26.8 Å². The van der Waals surface area contributed by atoms with Gasteiger partial charge in [0.25, 0.3) is 0 Å². The average Bonchev–Trinajstić information content (AvgIpc) is 2.80. The molecule has 0 radical (unpaired) electrons. The molecule has 1 atom stereocenters. The molecule has 2 rings (SSSR count). The first-order chi connectivity index (χ1) is 16.4. The van der Waals surface area contributed by atoms with Crippen LogP contribution in [0.15, 0.2) is 48.5 Å². The molecule has 0 aliphatic heterocycles. The molecule has 0 spiro atoms. The largest absolute Gasteiger partial charge is 0.354 e. The summed E-state index contributed by atoms with van der Waals surface area (Å²) >= 11 is 0. The van der Waals surface area contributed by atoms with Gasteiger partial charge in [-0.3, -0.25) is 9.59 Å². The lowest BCUT2D eigenvalue weighted by Gasteiger charge is -2.33. The quantitative estimate of drug-likeness (QED) is 0.504. The van der Waals surface area contributed by atoms with Crippen molar-refractivity contribution in [2.45, 2.75) is 33.4 Å². The smallest absolute Gasteiger partial charge is 0.304 e. The van der Waals surface area contributed by atoms with Crippen molar-refractivity contribution in [2.75, 3.05) is 31.5 Å². The summed E-state index contributed by atoms with van der Waals surface area (Å²) in [5.74, 6) is -2.53. The highest BCUT2D eigenvalue weighted by atomic mass is 32.2. The number of hydrogen-bond donors (Lipinski definition) is 1. The van der Waals surface area contributed by atoms with Gasteiger partial charge in [0.1, 0.15) is 24.2 Å². The van der Waals surface area contributed by atoms with Crippen molar-refractivity contribution in [1.82, 2.24) is 14.5 Å². The average molecular weight is 511 g/mol. The Morgan fingerprint density at radius 1 is 0.943 bits per heavy atom. The molecule has 0 aliphatic carbocycles. The van der Waals surface area contributed by atoms with E-state index in [4.69, 9.17) is 0 Å². The van der Waals surface area contributed by atoms with E-state index >= 15 is 0 Å². The number of para-hydroxylation sites is 1. The van der Waals surface area contributed by atoms with E-state index in [0.29, 0.717) is 10.8 Å². The maximum Gasteiger partial charge on any atom is 0.304 e. The van der Waals surface area contributed by atoms with Crippen LogP contribution in [0.25, 0.3) is 0 Å². The standard InChI is InChI=1S/C24H32F2N4O4S/c1-17(2)14-27-24(32)18(3)29(15-19-10-6-7-11-20(19)25)23(31)16-30(35(33,34)28(4)5)22-13-9-8-12-21(22)26/h6-13,17-18H,14-16H2,1-5H3,(H,27,32).